The van der Waals surface area contributed by atoms with Crippen LogP contribution in [0.1, 0.15) is 70.6 Å². The molecule has 4 aliphatic heterocycles. The quantitative estimate of drug-likeness (QED) is 0.277. The van der Waals surface area contributed by atoms with Gasteiger partial charge in [-0.15, -0.1) is 0 Å². The number of carbonyl (C=O) groups excluding carboxylic acids is 1. The molecule has 5 N–H and O–H groups in total. The second kappa shape index (κ2) is 13.6. The van der Waals surface area contributed by atoms with E-state index in [1.807, 2.05) is 0 Å². The lowest BCUT2D eigenvalue weighted by atomic mass is 9.70. The van der Waals surface area contributed by atoms with Gasteiger partial charge >= 0.3 is 0 Å². The molecule has 0 aromatic rings. The number of aliphatic hydroxyl groups excluding tert-OH is 1. The minimum atomic E-state index is -0.121. The molecule has 6 rings (SSSR count). The summed E-state index contributed by atoms with van der Waals surface area (Å²) >= 11 is 0. The molecule has 0 bridgehead atoms. The zero-order chi connectivity index (χ0) is 29.2. The fraction of sp³-hybridized carbons (Fsp3) is 0.848. The van der Waals surface area contributed by atoms with E-state index in [9.17, 15) is 9.90 Å². The molecule has 234 valence electrons. The lowest BCUT2D eigenvalue weighted by molar-refractivity contribution is -0.132. The number of likely N-dealkylation sites (tertiary alicyclic amines) is 3. The van der Waals surface area contributed by atoms with E-state index in [0.29, 0.717) is 48.5 Å². The summed E-state index contributed by atoms with van der Waals surface area (Å²) in [5, 5.41) is 17.1. The van der Waals surface area contributed by atoms with E-state index >= 15 is 0 Å². The third-order valence-corrected chi connectivity index (χ3v) is 11.5. The molecule has 6 aliphatic rings. The van der Waals surface area contributed by atoms with Gasteiger partial charge in [0.05, 0.1) is 43.2 Å². The van der Waals surface area contributed by atoms with Crippen LogP contribution in [-0.4, -0.2) is 108 Å². The van der Waals surface area contributed by atoms with Gasteiger partial charge in [0.2, 0.25) is 5.91 Å². The standard InChI is InChI=1S/C33H54N6O3/c1-3-29(41)39-16-15-24(17-25(39)20-40)38-18-22(19-38)9-14-28-30(31-32(34)35-21-36-33(31)37(28)2)23-10-12-27(13-11-23)42-26-7-5-4-6-8-26/h3,22-28,30-33,35-36,40H,1,4-8,10-13,15-21,34H2,2H3/t23?,24?,25-,27?,28?,30?,31?,32?,33?/m0/s1. The van der Waals surface area contributed by atoms with Gasteiger partial charge in [0, 0.05) is 44.2 Å². The first-order valence-corrected chi connectivity index (χ1v) is 16.9. The van der Waals surface area contributed by atoms with Crippen LogP contribution in [0.2, 0.25) is 0 Å². The molecule has 0 aromatic carbocycles. The van der Waals surface area contributed by atoms with Crippen molar-refractivity contribution in [3.8, 4) is 11.8 Å². The highest BCUT2D eigenvalue weighted by Crippen LogP contribution is 2.46. The molecular formula is C33H54N6O3. The van der Waals surface area contributed by atoms with Gasteiger partial charge in [0.1, 0.15) is 0 Å². The smallest absolute Gasteiger partial charge is 0.246 e. The summed E-state index contributed by atoms with van der Waals surface area (Å²) in [5.41, 5.74) is 6.74. The molecular weight excluding hydrogens is 528 g/mol. The Balaban J connectivity index is 1.07. The zero-order valence-electron chi connectivity index (χ0n) is 25.6. The lowest BCUT2D eigenvalue weighted by Gasteiger charge is -2.48. The average Bonchev–Trinajstić information content (AvgIpc) is 3.29. The van der Waals surface area contributed by atoms with Gasteiger partial charge in [0.15, 0.2) is 0 Å². The minimum absolute atomic E-state index is 0.00450. The Morgan fingerprint density at radius 3 is 2.48 bits per heavy atom. The summed E-state index contributed by atoms with van der Waals surface area (Å²) in [4.78, 5) is 18.9. The van der Waals surface area contributed by atoms with E-state index in [4.69, 9.17) is 10.5 Å². The molecule has 9 heteroatoms. The van der Waals surface area contributed by atoms with Crippen LogP contribution >= 0.6 is 0 Å². The number of nitrogens with two attached hydrogens (primary N) is 1. The summed E-state index contributed by atoms with van der Waals surface area (Å²) in [6, 6.07) is 0.488. The van der Waals surface area contributed by atoms with Gasteiger partial charge in [-0.2, -0.15) is 0 Å². The van der Waals surface area contributed by atoms with Crippen molar-refractivity contribution in [2.24, 2.45) is 29.4 Å². The summed E-state index contributed by atoms with van der Waals surface area (Å²) in [6.07, 6.45) is 15.5. The van der Waals surface area contributed by atoms with Crippen LogP contribution in [0.4, 0.5) is 0 Å². The number of hydrogen-bond donors (Lipinski definition) is 4. The number of hydrogen-bond acceptors (Lipinski definition) is 8. The number of aliphatic hydroxyl groups is 1. The molecule has 6 fully saturated rings. The van der Waals surface area contributed by atoms with Crippen molar-refractivity contribution < 1.29 is 14.6 Å². The highest BCUT2D eigenvalue weighted by Gasteiger charge is 2.53. The van der Waals surface area contributed by atoms with Crippen molar-refractivity contribution in [1.82, 2.24) is 25.3 Å². The number of piperidine rings is 1. The van der Waals surface area contributed by atoms with Gasteiger partial charge in [0.25, 0.3) is 0 Å². The van der Waals surface area contributed by atoms with Crippen LogP contribution in [-0.2, 0) is 9.53 Å². The molecule has 2 saturated carbocycles. The van der Waals surface area contributed by atoms with Gasteiger partial charge < -0.3 is 20.5 Å². The molecule has 0 radical (unpaired) electrons. The number of rotatable bonds is 6. The number of ether oxygens (including phenoxy) is 1. The lowest BCUT2D eigenvalue weighted by Crippen LogP contribution is -2.63. The van der Waals surface area contributed by atoms with Gasteiger partial charge in [-0.1, -0.05) is 37.7 Å². The number of nitrogens with zero attached hydrogens (tertiary/aromatic N) is 3. The second-order valence-corrected chi connectivity index (χ2v) is 13.9. The molecule has 4 saturated heterocycles. The number of carbonyl (C=O) groups is 1. The van der Waals surface area contributed by atoms with Crippen LogP contribution < -0.4 is 16.4 Å². The SMILES string of the molecule is C=CC(=O)N1CCC(N2CC(C#CC3C(C4CCC(OC5CCCCC5)CC4)C4C(N)NCNC4N3C)C2)C[C@H]1CO. The van der Waals surface area contributed by atoms with Crippen molar-refractivity contribution >= 4 is 5.91 Å². The van der Waals surface area contributed by atoms with E-state index in [1.165, 1.54) is 63.9 Å². The minimum Gasteiger partial charge on any atom is -0.394 e. The highest BCUT2D eigenvalue weighted by molar-refractivity contribution is 5.87. The highest BCUT2D eigenvalue weighted by atomic mass is 16.5. The van der Waals surface area contributed by atoms with Crippen molar-refractivity contribution in [2.75, 3.05) is 40.0 Å². The molecule has 7 atom stereocenters. The van der Waals surface area contributed by atoms with Crippen molar-refractivity contribution in [2.45, 2.75) is 113 Å². The molecule has 0 aromatic heterocycles. The van der Waals surface area contributed by atoms with Crippen LogP contribution in [0.5, 0.6) is 0 Å². The van der Waals surface area contributed by atoms with E-state index < -0.39 is 0 Å². The monoisotopic (exact) mass is 582 g/mol. The number of fused-ring (bicyclic) bond motifs is 1. The van der Waals surface area contributed by atoms with Crippen LogP contribution in [0.25, 0.3) is 0 Å². The van der Waals surface area contributed by atoms with Crippen molar-refractivity contribution in [3.63, 3.8) is 0 Å². The maximum atomic E-state index is 12.2. The van der Waals surface area contributed by atoms with E-state index in [-0.39, 0.29) is 36.9 Å². The Bertz CT molecular complexity index is 995. The molecule has 1 amide bonds. The largest absolute Gasteiger partial charge is 0.394 e. The molecule has 4 heterocycles. The van der Waals surface area contributed by atoms with Crippen LogP contribution in [0.15, 0.2) is 12.7 Å². The molecule has 42 heavy (non-hydrogen) atoms. The first-order valence-electron chi connectivity index (χ1n) is 16.9. The fourth-order valence-electron chi connectivity index (χ4n) is 9.17. The van der Waals surface area contributed by atoms with Crippen molar-refractivity contribution in [1.29, 1.82) is 0 Å². The molecule has 2 aliphatic carbocycles. The fourth-order valence-corrected chi connectivity index (χ4v) is 9.17. The zero-order valence-corrected chi connectivity index (χ0v) is 25.6. The van der Waals surface area contributed by atoms with E-state index in [1.54, 1.807) is 4.90 Å². The third-order valence-electron chi connectivity index (χ3n) is 11.5. The maximum absolute atomic E-state index is 12.2. The summed E-state index contributed by atoms with van der Waals surface area (Å²) in [6.45, 7) is 7.00. The maximum Gasteiger partial charge on any atom is 0.246 e. The van der Waals surface area contributed by atoms with Crippen LogP contribution in [0, 0.1) is 35.5 Å². The van der Waals surface area contributed by atoms with Crippen LogP contribution in [0.3, 0.4) is 0 Å². The Morgan fingerprint density at radius 2 is 1.76 bits per heavy atom. The topological polar surface area (TPSA) is 106 Å². The third kappa shape index (κ3) is 6.32. The summed E-state index contributed by atoms with van der Waals surface area (Å²) < 4.78 is 6.59. The average molecular weight is 583 g/mol. The first kappa shape index (κ1) is 30.5. The second-order valence-electron chi connectivity index (χ2n) is 13.9. The Kier molecular flexibility index (Phi) is 9.91. The molecule has 9 nitrogen and oxygen atoms in total. The first-order chi connectivity index (χ1) is 20.5. The van der Waals surface area contributed by atoms with E-state index in [2.05, 4.69) is 45.9 Å². The van der Waals surface area contributed by atoms with Gasteiger partial charge in [-0.3, -0.25) is 25.2 Å². The van der Waals surface area contributed by atoms with Gasteiger partial charge in [-0.25, -0.2) is 0 Å². The predicted molar refractivity (Wildman–Crippen MR) is 164 cm³/mol. The van der Waals surface area contributed by atoms with E-state index in [0.717, 1.165) is 32.6 Å². The Morgan fingerprint density at radius 1 is 1.02 bits per heavy atom. The summed E-state index contributed by atoms with van der Waals surface area (Å²) in [7, 11) is 2.24. The Hall–Kier alpha value is -1.51. The normalized spacial score (nSPS) is 40.5. The molecule has 0 spiro atoms. The van der Waals surface area contributed by atoms with Crippen molar-refractivity contribution in [3.05, 3.63) is 12.7 Å². The number of amides is 1. The Labute approximate surface area is 252 Å². The summed E-state index contributed by atoms with van der Waals surface area (Å²) in [5.74, 6) is 9.22. The van der Waals surface area contributed by atoms with Gasteiger partial charge in [-0.05, 0) is 76.3 Å². The molecule has 6 unspecified atom stereocenters. The predicted octanol–water partition coefficient (Wildman–Crippen LogP) is 1.68. The number of nitrogens with one attached hydrogen (secondary N) is 2.